The quantitative estimate of drug-likeness (QED) is 0.195. The van der Waals surface area contributed by atoms with E-state index in [1.165, 1.54) is 45.9 Å². The molecule has 1 saturated heterocycles. The highest BCUT2D eigenvalue weighted by molar-refractivity contribution is 7.17. The maximum absolute atomic E-state index is 13.5. The summed E-state index contributed by atoms with van der Waals surface area (Å²) in [6.45, 7) is 3.44. The number of carbonyl (C=O) groups is 3. The van der Waals surface area contributed by atoms with Gasteiger partial charge in [-0.15, -0.1) is 0 Å². The second-order valence-electron chi connectivity index (χ2n) is 8.00. The second-order valence-corrected chi connectivity index (χ2v) is 8.97. The van der Waals surface area contributed by atoms with E-state index in [0.717, 1.165) is 16.2 Å². The molecule has 0 radical (unpaired) electrons. The van der Waals surface area contributed by atoms with Gasteiger partial charge >= 0.3 is 11.9 Å². The van der Waals surface area contributed by atoms with Crippen LogP contribution in [0.25, 0.3) is 5.76 Å². The molecular formula is C26H25N3O8S. The number of hydrogen-bond donors (Lipinski definition) is 1. The Hall–Kier alpha value is -4.45. The fourth-order valence-corrected chi connectivity index (χ4v) is 5.13. The SMILES string of the molecule is CCOC(=O)c1sc(N2C(=O)C(=O)/C(=C(/O)c3ccncc3)C2c2cc(OC)c(OC)c(OC)c2)nc1C. The topological polar surface area (TPSA) is 137 Å². The smallest absolute Gasteiger partial charge is 0.350 e. The molecule has 1 amide bonds. The van der Waals surface area contributed by atoms with E-state index < -0.39 is 29.5 Å². The molecule has 12 heteroatoms. The van der Waals surface area contributed by atoms with E-state index >= 15 is 0 Å². The number of ether oxygens (including phenoxy) is 4. The van der Waals surface area contributed by atoms with Crippen LogP contribution < -0.4 is 19.1 Å². The molecule has 1 aromatic carbocycles. The number of aliphatic hydroxyl groups excluding tert-OH is 1. The van der Waals surface area contributed by atoms with Crippen molar-refractivity contribution in [1.29, 1.82) is 0 Å². The summed E-state index contributed by atoms with van der Waals surface area (Å²) in [5.41, 5.74) is 0.821. The lowest BCUT2D eigenvalue weighted by Gasteiger charge is -2.24. The molecule has 1 aliphatic rings. The van der Waals surface area contributed by atoms with Gasteiger partial charge in [-0.05, 0) is 43.7 Å². The van der Waals surface area contributed by atoms with Crippen LogP contribution in [0.15, 0.2) is 42.2 Å². The number of hydrogen-bond acceptors (Lipinski definition) is 11. The third-order valence-electron chi connectivity index (χ3n) is 5.85. The third kappa shape index (κ3) is 4.54. The van der Waals surface area contributed by atoms with Crippen molar-refractivity contribution in [2.45, 2.75) is 19.9 Å². The van der Waals surface area contributed by atoms with Crippen LogP contribution in [0.1, 0.15) is 39.5 Å². The van der Waals surface area contributed by atoms with Crippen molar-refractivity contribution in [2.75, 3.05) is 32.8 Å². The summed E-state index contributed by atoms with van der Waals surface area (Å²) in [4.78, 5) is 49.0. The van der Waals surface area contributed by atoms with Gasteiger partial charge in [0, 0.05) is 18.0 Å². The van der Waals surface area contributed by atoms with Crippen molar-refractivity contribution in [1.82, 2.24) is 9.97 Å². The Morgan fingerprint density at radius 2 is 1.71 bits per heavy atom. The predicted molar refractivity (Wildman–Crippen MR) is 138 cm³/mol. The van der Waals surface area contributed by atoms with Crippen molar-refractivity contribution >= 4 is 39.9 Å². The number of rotatable bonds is 8. The van der Waals surface area contributed by atoms with Crippen molar-refractivity contribution in [2.24, 2.45) is 0 Å². The summed E-state index contributed by atoms with van der Waals surface area (Å²) in [5.74, 6) is -1.98. The molecule has 1 unspecified atom stereocenters. The minimum Gasteiger partial charge on any atom is -0.507 e. The number of ketones is 1. The number of esters is 1. The van der Waals surface area contributed by atoms with Gasteiger partial charge in [0.1, 0.15) is 10.6 Å². The number of aliphatic hydroxyl groups is 1. The van der Waals surface area contributed by atoms with Gasteiger partial charge < -0.3 is 24.1 Å². The highest BCUT2D eigenvalue weighted by Gasteiger charge is 2.49. The van der Waals surface area contributed by atoms with E-state index in [4.69, 9.17) is 18.9 Å². The summed E-state index contributed by atoms with van der Waals surface area (Å²) < 4.78 is 21.5. The predicted octanol–water partition coefficient (Wildman–Crippen LogP) is 3.68. The van der Waals surface area contributed by atoms with E-state index in [1.807, 2.05) is 0 Å². The van der Waals surface area contributed by atoms with Crippen LogP contribution in [0.3, 0.4) is 0 Å². The minimum atomic E-state index is -1.14. The van der Waals surface area contributed by atoms with Crippen LogP contribution in [0.5, 0.6) is 17.2 Å². The van der Waals surface area contributed by atoms with Gasteiger partial charge in [0.25, 0.3) is 5.78 Å². The first-order chi connectivity index (χ1) is 18.3. The monoisotopic (exact) mass is 539 g/mol. The highest BCUT2D eigenvalue weighted by atomic mass is 32.1. The van der Waals surface area contributed by atoms with Crippen LogP contribution in [0.2, 0.25) is 0 Å². The van der Waals surface area contributed by atoms with Crippen molar-refractivity contribution in [3.05, 3.63) is 63.9 Å². The average Bonchev–Trinajstić information content (AvgIpc) is 3.44. The molecule has 11 nitrogen and oxygen atoms in total. The van der Waals surface area contributed by atoms with Crippen LogP contribution in [-0.2, 0) is 14.3 Å². The first-order valence-corrected chi connectivity index (χ1v) is 12.2. The van der Waals surface area contributed by atoms with Gasteiger partial charge in [-0.2, -0.15) is 0 Å². The Labute approximate surface area is 222 Å². The lowest BCUT2D eigenvalue weighted by atomic mass is 9.95. The summed E-state index contributed by atoms with van der Waals surface area (Å²) in [6.07, 6.45) is 2.91. The Bertz CT molecular complexity index is 1410. The maximum Gasteiger partial charge on any atom is 0.350 e. The number of methoxy groups -OCH3 is 3. The molecule has 2 aromatic heterocycles. The first kappa shape index (κ1) is 26.6. The molecular weight excluding hydrogens is 514 g/mol. The highest BCUT2D eigenvalue weighted by Crippen LogP contribution is 2.48. The number of Topliss-reactive ketones (excluding diaryl/α,β-unsaturated/α-hetero) is 1. The van der Waals surface area contributed by atoms with Crippen LogP contribution >= 0.6 is 11.3 Å². The number of nitrogens with zero attached hydrogens (tertiary/aromatic N) is 3. The number of carbonyl (C=O) groups excluding carboxylic acids is 3. The fraction of sp³-hybridized carbons (Fsp3) is 0.269. The summed E-state index contributed by atoms with van der Waals surface area (Å²) >= 11 is 0.912. The number of aryl methyl sites for hydroxylation is 1. The van der Waals surface area contributed by atoms with Crippen molar-refractivity contribution in [3.8, 4) is 17.2 Å². The molecule has 4 rings (SSSR count). The largest absolute Gasteiger partial charge is 0.507 e. The van der Waals surface area contributed by atoms with Crippen LogP contribution in [0.4, 0.5) is 5.13 Å². The zero-order chi connectivity index (χ0) is 27.6. The normalized spacial score (nSPS) is 16.4. The lowest BCUT2D eigenvalue weighted by Crippen LogP contribution is -2.29. The Kier molecular flexibility index (Phi) is 7.62. The number of anilines is 1. The van der Waals surface area contributed by atoms with Crippen molar-refractivity contribution in [3.63, 3.8) is 0 Å². The molecule has 1 N–H and O–H groups in total. The number of amides is 1. The summed E-state index contributed by atoms with van der Waals surface area (Å²) in [6, 6.07) is 5.05. The summed E-state index contributed by atoms with van der Waals surface area (Å²) in [7, 11) is 4.32. The minimum absolute atomic E-state index is 0.0835. The van der Waals surface area contributed by atoms with Crippen molar-refractivity contribution < 1.29 is 38.4 Å². The van der Waals surface area contributed by atoms with E-state index in [-0.39, 0.29) is 39.3 Å². The van der Waals surface area contributed by atoms with E-state index in [2.05, 4.69) is 9.97 Å². The van der Waals surface area contributed by atoms with E-state index in [9.17, 15) is 19.5 Å². The van der Waals surface area contributed by atoms with Gasteiger partial charge in [0.2, 0.25) is 5.75 Å². The molecule has 0 spiro atoms. The fourth-order valence-electron chi connectivity index (χ4n) is 4.14. The third-order valence-corrected chi connectivity index (χ3v) is 6.99. The van der Waals surface area contributed by atoms with E-state index in [0.29, 0.717) is 17.0 Å². The Balaban J connectivity index is 1.99. The van der Waals surface area contributed by atoms with Crippen LogP contribution in [-0.4, -0.2) is 60.7 Å². The lowest BCUT2D eigenvalue weighted by molar-refractivity contribution is -0.132. The average molecular weight is 540 g/mol. The molecule has 198 valence electrons. The zero-order valence-electron chi connectivity index (χ0n) is 21.3. The molecule has 0 aliphatic carbocycles. The maximum atomic E-state index is 13.5. The standard InChI is InChI=1S/C26H25N3O8S/c1-6-37-25(33)23-13(2)28-26(38-23)29-19(15-11-16(34-3)22(36-5)17(12-15)35-4)18(21(31)24(29)32)20(30)14-7-9-27-10-8-14/h7-12,19,30H,6H2,1-5H3/b20-18+. The molecule has 38 heavy (non-hydrogen) atoms. The van der Waals surface area contributed by atoms with E-state index in [1.54, 1.807) is 26.0 Å². The molecule has 1 atom stereocenters. The Morgan fingerprint density at radius 1 is 1.08 bits per heavy atom. The molecule has 3 heterocycles. The molecule has 0 saturated carbocycles. The molecule has 3 aromatic rings. The second kappa shape index (κ2) is 10.9. The van der Waals surface area contributed by atoms with Crippen LogP contribution in [0, 0.1) is 6.92 Å². The number of benzene rings is 1. The van der Waals surface area contributed by atoms with Gasteiger partial charge in [-0.25, -0.2) is 9.78 Å². The molecule has 0 bridgehead atoms. The zero-order valence-corrected chi connectivity index (χ0v) is 22.1. The molecule has 1 aliphatic heterocycles. The van der Waals surface area contributed by atoms with Gasteiger partial charge in [-0.1, -0.05) is 11.3 Å². The molecule has 1 fully saturated rings. The number of aromatic nitrogens is 2. The Morgan fingerprint density at radius 3 is 2.26 bits per heavy atom. The number of thiazole rings is 1. The first-order valence-electron chi connectivity index (χ1n) is 11.4. The number of pyridine rings is 1. The van der Waals surface area contributed by atoms with Gasteiger partial charge in [0.05, 0.1) is 45.2 Å². The van der Waals surface area contributed by atoms with Gasteiger partial charge in [-0.3, -0.25) is 19.5 Å². The van der Waals surface area contributed by atoms with Gasteiger partial charge in [0.15, 0.2) is 16.6 Å². The summed E-state index contributed by atoms with van der Waals surface area (Å²) in [5, 5.41) is 11.3.